The minimum atomic E-state index is -2.57. The number of para-hydroxylation sites is 1. The maximum absolute atomic E-state index is 5.26. The van der Waals surface area contributed by atoms with Gasteiger partial charge in [0, 0.05) is 26.4 Å². The van der Waals surface area contributed by atoms with Gasteiger partial charge in [0.05, 0.1) is 15.9 Å². The number of benzene rings is 6. The molecule has 0 amide bonds. The molecule has 0 bridgehead atoms. The fourth-order valence-corrected chi connectivity index (χ4v) is 12.5. The summed E-state index contributed by atoms with van der Waals surface area (Å²) >= 11 is 1.84. The van der Waals surface area contributed by atoms with Crippen LogP contribution in [0.15, 0.2) is 164 Å². The van der Waals surface area contributed by atoms with Crippen molar-refractivity contribution in [1.29, 1.82) is 0 Å². The Morgan fingerprint density at radius 3 is 1.50 bits per heavy atom. The molecular formula is C39H27NSSi. The van der Waals surface area contributed by atoms with E-state index >= 15 is 0 Å². The first-order chi connectivity index (χ1) is 20.8. The van der Waals surface area contributed by atoms with Crippen molar-refractivity contribution in [2.24, 2.45) is 0 Å². The summed E-state index contributed by atoms with van der Waals surface area (Å²) in [6, 6.07) is 59.9. The second-order valence-electron chi connectivity index (χ2n) is 10.7. The third-order valence-corrected chi connectivity index (χ3v) is 14.4. The van der Waals surface area contributed by atoms with E-state index in [2.05, 4.69) is 164 Å². The quantitative estimate of drug-likeness (QED) is 0.153. The zero-order chi connectivity index (χ0) is 27.9. The van der Waals surface area contributed by atoms with Crippen LogP contribution in [0.3, 0.4) is 0 Å². The Kier molecular flexibility index (Phi) is 6.06. The third-order valence-electron chi connectivity index (χ3n) is 8.43. The van der Waals surface area contributed by atoms with E-state index in [9.17, 15) is 0 Å². The zero-order valence-electron chi connectivity index (χ0n) is 22.9. The first-order valence-electron chi connectivity index (χ1n) is 14.3. The molecule has 0 atom stereocenters. The van der Waals surface area contributed by atoms with Gasteiger partial charge in [-0.05, 0) is 32.9 Å². The molecule has 0 saturated heterocycles. The predicted molar refractivity (Wildman–Crippen MR) is 184 cm³/mol. The Morgan fingerprint density at radius 2 is 0.905 bits per heavy atom. The Balaban J connectivity index is 1.39. The van der Waals surface area contributed by atoms with E-state index in [1.165, 1.54) is 46.3 Å². The number of nitrogens with zero attached hydrogens (tertiary/aromatic N) is 1. The van der Waals surface area contributed by atoms with Gasteiger partial charge in [0.1, 0.15) is 0 Å². The van der Waals surface area contributed by atoms with E-state index in [0.717, 1.165) is 16.8 Å². The highest BCUT2D eigenvalue weighted by Gasteiger charge is 2.41. The molecule has 0 unspecified atom stereocenters. The van der Waals surface area contributed by atoms with Gasteiger partial charge in [0.25, 0.3) is 0 Å². The summed E-state index contributed by atoms with van der Waals surface area (Å²) in [6.45, 7) is 0. The summed E-state index contributed by atoms with van der Waals surface area (Å²) in [7, 11) is -2.57. The first kappa shape index (κ1) is 24.9. The van der Waals surface area contributed by atoms with Crippen molar-refractivity contribution in [2.75, 3.05) is 0 Å². The highest BCUT2D eigenvalue weighted by molar-refractivity contribution is 7.26. The molecule has 0 saturated carbocycles. The van der Waals surface area contributed by atoms with Crippen LogP contribution >= 0.6 is 11.3 Å². The molecule has 3 heteroatoms. The lowest BCUT2D eigenvalue weighted by atomic mass is 10.0. The molecular weight excluding hydrogens is 543 g/mol. The second-order valence-corrected chi connectivity index (χ2v) is 15.6. The minimum absolute atomic E-state index is 1.04. The van der Waals surface area contributed by atoms with Gasteiger partial charge in [0.2, 0.25) is 0 Å². The molecule has 8 rings (SSSR count). The van der Waals surface area contributed by atoms with Gasteiger partial charge < -0.3 is 0 Å². The van der Waals surface area contributed by atoms with E-state index in [0.29, 0.717) is 0 Å². The van der Waals surface area contributed by atoms with Crippen LogP contribution in [0.1, 0.15) is 0 Å². The fourth-order valence-electron chi connectivity index (χ4n) is 6.57. The average Bonchev–Trinajstić information content (AvgIpc) is 3.47. The van der Waals surface area contributed by atoms with Crippen LogP contribution in [-0.2, 0) is 0 Å². The molecule has 42 heavy (non-hydrogen) atoms. The van der Waals surface area contributed by atoms with Crippen LogP contribution in [0.4, 0.5) is 0 Å². The summed E-state index contributed by atoms with van der Waals surface area (Å²) in [4.78, 5) is 5.26. The van der Waals surface area contributed by atoms with E-state index in [-0.39, 0.29) is 0 Å². The molecule has 8 aromatic rings. The number of aromatic nitrogens is 1. The largest absolute Gasteiger partial charge is 0.246 e. The molecule has 1 nitrogen and oxygen atoms in total. The molecule has 0 aliphatic carbocycles. The summed E-state index contributed by atoms with van der Waals surface area (Å²) in [5.41, 5.74) is 3.25. The molecule has 2 heterocycles. The van der Waals surface area contributed by atoms with Crippen molar-refractivity contribution in [1.82, 2.24) is 4.98 Å². The summed E-state index contributed by atoms with van der Waals surface area (Å²) < 4.78 is 2.55. The van der Waals surface area contributed by atoms with E-state index in [1.54, 1.807) is 0 Å². The molecule has 2 aromatic heterocycles. The lowest BCUT2D eigenvalue weighted by molar-refractivity contribution is 1.44. The molecule has 0 aliphatic heterocycles. The van der Waals surface area contributed by atoms with Crippen LogP contribution in [0, 0.1) is 0 Å². The van der Waals surface area contributed by atoms with Crippen molar-refractivity contribution < 1.29 is 0 Å². The van der Waals surface area contributed by atoms with Gasteiger partial charge in [0.15, 0.2) is 8.07 Å². The number of hydrogen-bond donors (Lipinski definition) is 0. The Morgan fingerprint density at radius 1 is 0.429 bits per heavy atom. The Bertz CT molecular complexity index is 2070. The molecule has 6 aromatic carbocycles. The SMILES string of the molecule is c1ccc([Si](c2ccccc2)(c2ccccc2)c2ccc(-c3nc4ccccc4c4c3sc3ccccc34)cc2)cc1. The number of thiophene rings is 1. The fraction of sp³-hybridized carbons (Fsp3) is 0. The predicted octanol–water partition coefficient (Wildman–Crippen LogP) is 7.65. The molecule has 0 spiro atoms. The Labute approximate surface area is 250 Å². The Hall–Kier alpha value is -4.83. The standard InChI is InChI=1S/C39H27NSSi/c1-4-14-29(15-5-1)42(30-16-6-2-7-17-30,31-18-8-3-9-19-31)32-26-24-28(25-27-32)38-39-37(33-20-10-12-22-35(33)40-38)34-21-11-13-23-36(34)41-39/h1-27H. The number of fused-ring (bicyclic) bond motifs is 5. The van der Waals surface area contributed by atoms with Crippen LogP contribution in [0.25, 0.3) is 42.3 Å². The maximum atomic E-state index is 5.26. The normalized spacial score (nSPS) is 11.8. The summed E-state index contributed by atoms with van der Waals surface area (Å²) in [5, 5.41) is 9.33. The van der Waals surface area contributed by atoms with Crippen LogP contribution < -0.4 is 20.7 Å². The highest BCUT2D eigenvalue weighted by Crippen LogP contribution is 2.42. The first-order valence-corrected chi connectivity index (χ1v) is 17.1. The van der Waals surface area contributed by atoms with Crippen molar-refractivity contribution in [3.8, 4) is 11.3 Å². The average molecular weight is 570 g/mol. The molecule has 0 N–H and O–H groups in total. The highest BCUT2D eigenvalue weighted by atomic mass is 32.1. The van der Waals surface area contributed by atoms with Gasteiger partial charge >= 0.3 is 0 Å². The number of pyridine rings is 1. The molecule has 0 radical (unpaired) electrons. The van der Waals surface area contributed by atoms with Crippen LogP contribution in [0.5, 0.6) is 0 Å². The lowest BCUT2D eigenvalue weighted by Crippen LogP contribution is -2.74. The topological polar surface area (TPSA) is 12.9 Å². The van der Waals surface area contributed by atoms with Gasteiger partial charge in [-0.2, -0.15) is 0 Å². The van der Waals surface area contributed by atoms with Crippen molar-refractivity contribution in [3.63, 3.8) is 0 Å². The van der Waals surface area contributed by atoms with Gasteiger partial charge in [-0.15, -0.1) is 11.3 Å². The van der Waals surface area contributed by atoms with Crippen molar-refractivity contribution in [2.45, 2.75) is 0 Å². The monoisotopic (exact) mass is 569 g/mol. The summed E-state index contributed by atoms with van der Waals surface area (Å²) in [5.74, 6) is 0. The van der Waals surface area contributed by atoms with Gasteiger partial charge in [-0.3, -0.25) is 0 Å². The van der Waals surface area contributed by atoms with Gasteiger partial charge in [-0.1, -0.05) is 152 Å². The number of rotatable bonds is 5. The second kappa shape index (κ2) is 10.2. The van der Waals surface area contributed by atoms with E-state index < -0.39 is 8.07 Å². The van der Waals surface area contributed by atoms with Crippen molar-refractivity contribution in [3.05, 3.63) is 164 Å². The number of hydrogen-bond acceptors (Lipinski definition) is 2. The molecule has 0 fully saturated rings. The van der Waals surface area contributed by atoms with E-state index in [4.69, 9.17) is 4.98 Å². The lowest BCUT2D eigenvalue weighted by Gasteiger charge is -2.34. The molecule has 198 valence electrons. The van der Waals surface area contributed by atoms with E-state index in [1.807, 2.05) is 11.3 Å². The van der Waals surface area contributed by atoms with Gasteiger partial charge in [-0.25, -0.2) is 4.98 Å². The zero-order valence-corrected chi connectivity index (χ0v) is 24.8. The van der Waals surface area contributed by atoms with Crippen LogP contribution in [0.2, 0.25) is 0 Å². The molecule has 0 aliphatic rings. The maximum Gasteiger partial charge on any atom is 0.179 e. The van der Waals surface area contributed by atoms with Crippen molar-refractivity contribution >= 4 is 71.2 Å². The minimum Gasteiger partial charge on any atom is -0.246 e. The smallest absolute Gasteiger partial charge is 0.179 e. The summed E-state index contributed by atoms with van der Waals surface area (Å²) in [6.07, 6.45) is 0. The van der Waals surface area contributed by atoms with Crippen LogP contribution in [-0.4, -0.2) is 13.1 Å². The third kappa shape index (κ3) is 3.86.